The lowest BCUT2D eigenvalue weighted by Gasteiger charge is -2.38. The predicted molar refractivity (Wildman–Crippen MR) is 166 cm³/mol. The SMILES string of the molecule is CC(=O)NCCCCCC(=O)Nc1cccc(C2OC(CN(C)CCc3ccccn3)CC(c3ccc(CO)cc3)O2)c1. The summed E-state index contributed by atoms with van der Waals surface area (Å²) in [4.78, 5) is 30.3. The highest BCUT2D eigenvalue weighted by Gasteiger charge is 2.33. The standard InChI is InChI=1S/C34H44N4O5/c1-25(40)35-18-6-3-4-12-33(41)37-30-11-8-9-28(21-30)34-42-31(23-38(2)20-17-29-10-5-7-19-36-29)22-32(43-34)27-15-13-26(24-39)14-16-27/h5,7-11,13-16,19,21,31-32,34,39H,3-4,6,12,17-18,20,22-24H2,1-2H3,(H,35,40)(H,37,41). The van der Waals surface area contributed by atoms with E-state index in [0.29, 0.717) is 25.1 Å². The third-order valence-electron chi connectivity index (χ3n) is 7.50. The van der Waals surface area contributed by atoms with Crippen molar-refractivity contribution in [2.75, 3.05) is 32.0 Å². The molecule has 1 aliphatic rings. The Balaban J connectivity index is 1.38. The van der Waals surface area contributed by atoms with Gasteiger partial charge >= 0.3 is 0 Å². The zero-order valence-corrected chi connectivity index (χ0v) is 25.2. The van der Waals surface area contributed by atoms with Crippen molar-refractivity contribution >= 4 is 17.5 Å². The molecule has 4 rings (SSSR count). The van der Waals surface area contributed by atoms with Crippen molar-refractivity contribution in [1.29, 1.82) is 0 Å². The molecule has 0 spiro atoms. The number of ether oxygens (including phenoxy) is 2. The van der Waals surface area contributed by atoms with Gasteiger partial charge in [0, 0.05) is 69.0 Å². The van der Waals surface area contributed by atoms with Crippen molar-refractivity contribution in [3.8, 4) is 0 Å². The number of aromatic nitrogens is 1. The summed E-state index contributed by atoms with van der Waals surface area (Å²) >= 11 is 0. The molecule has 0 aliphatic carbocycles. The third kappa shape index (κ3) is 10.9. The maximum absolute atomic E-state index is 12.6. The molecule has 0 saturated carbocycles. The first-order valence-electron chi connectivity index (χ1n) is 15.1. The molecule has 43 heavy (non-hydrogen) atoms. The highest BCUT2D eigenvalue weighted by molar-refractivity contribution is 5.90. The van der Waals surface area contributed by atoms with Crippen LogP contribution in [0.1, 0.15) is 73.8 Å². The number of benzene rings is 2. The minimum atomic E-state index is -0.601. The highest BCUT2D eigenvalue weighted by atomic mass is 16.7. The van der Waals surface area contributed by atoms with Gasteiger partial charge in [0.05, 0.1) is 18.8 Å². The number of carbonyl (C=O) groups excluding carboxylic acids is 2. The fourth-order valence-electron chi connectivity index (χ4n) is 5.16. The van der Waals surface area contributed by atoms with Gasteiger partial charge in [-0.1, -0.05) is 48.9 Å². The Morgan fingerprint density at radius 2 is 1.84 bits per heavy atom. The molecule has 0 bridgehead atoms. The number of pyridine rings is 1. The normalized spacial score (nSPS) is 18.4. The molecule has 3 unspecified atom stereocenters. The van der Waals surface area contributed by atoms with E-state index in [4.69, 9.17) is 9.47 Å². The summed E-state index contributed by atoms with van der Waals surface area (Å²) in [6, 6.07) is 21.5. The van der Waals surface area contributed by atoms with Gasteiger partial charge in [-0.2, -0.15) is 0 Å². The van der Waals surface area contributed by atoms with E-state index in [1.165, 1.54) is 6.92 Å². The quantitative estimate of drug-likeness (QED) is 0.216. The zero-order chi connectivity index (χ0) is 30.4. The van der Waals surface area contributed by atoms with E-state index < -0.39 is 6.29 Å². The summed E-state index contributed by atoms with van der Waals surface area (Å²) in [6.07, 6.45) is 5.40. The zero-order valence-electron chi connectivity index (χ0n) is 25.2. The van der Waals surface area contributed by atoms with E-state index in [9.17, 15) is 14.7 Å². The van der Waals surface area contributed by atoms with Crippen LogP contribution >= 0.6 is 0 Å². The van der Waals surface area contributed by atoms with Crippen molar-refractivity contribution in [2.24, 2.45) is 0 Å². The predicted octanol–water partition coefficient (Wildman–Crippen LogP) is 4.93. The molecule has 1 aliphatic heterocycles. The molecule has 0 radical (unpaired) electrons. The lowest BCUT2D eigenvalue weighted by Crippen LogP contribution is -2.38. The lowest BCUT2D eigenvalue weighted by atomic mass is 9.99. The Morgan fingerprint density at radius 1 is 1.00 bits per heavy atom. The van der Waals surface area contributed by atoms with Crippen molar-refractivity contribution in [3.63, 3.8) is 0 Å². The second-order valence-electron chi connectivity index (χ2n) is 11.2. The Bertz CT molecular complexity index is 1290. The first kappa shape index (κ1) is 32.3. The average molecular weight is 589 g/mol. The molecule has 3 aromatic rings. The molecule has 230 valence electrons. The Hall–Kier alpha value is -3.63. The number of nitrogens with zero attached hydrogens (tertiary/aromatic N) is 2. The summed E-state index contributed by atoms with van der Waals surface area (Å²) in [7, 11) is 2.10. The fraction of sp³-hybridized carbons (Fsp3) is 0.441. The number of amides is 2. The second kappa shape index (κ2) is 16.9. The van der Waals surface area contributed by atoms with Crippen LogP contribution in [0, 0.1) is 0 Å². The van der Waals surface area contributed by atoms with Gasteiger partial charge < -0.3 is 30.1 Å². The van der Waals surface area contributed by atoms with Gasteiger partial charge in [0.15, 0.2) is 6.29 Å². The summed E-state index contributed by atoms with van der Waals surface area (Å²) in [5.41, 5.74) is 4.49. The van der Waals surface area contributed by atoms with E-state index in [0.717, 1.165) is 61.2 Å². The van der Waals surface area contributed by atoms with Crippen LogP contribution in [0.4, 0.5) is 5.69 Å². The number of nitrogens with one attached hydrogen (secondary N) is 2. The molecule has 1 aromatic heterocycles. The monoisotopic (exact) mass is 588 g/mol. The van der Waals surface area contributed by atoms with Gasteiger partial charge in [-0.25, -0.2) is 0 Å². The Morgan fingerprint density at radius 3 is 2.58 bits per heavy atom. The van der Waals surface area contributed by atoms with Crippen LogP contribution in [0.25, 0.3) is 0 Å². The van der Waals surface area contributed by atoms with Crippen LogP contribution in [0.3, 0.4) is 0 Å². The van der Waals surface area contributed by atoms with Crippen molar-refractivity contribution < 1.29 is 24.2 Å². The maximum Gasteiger partial charge on any atom is 0.224 e. The molecule has 9 heteroatoms. The van der Waals surface area contributed by atoms with Crippen LogP contribution in [-0.2, 0) is 32.1 Å². The molecule has 2 amide bonds. The molecule has 3 N–H and O–H groups in total. The highest BCUT2D eigenvalue weighted by Crippen LogP contribution is 2.38. The van der Waals surface area contributed by atoms with E-state index in [1.807, 2.05) is 72.9 Å². The van der Waals surface area contributed by atoms with E-state index in [1.54, 1.807) is 0 Å². The van der Waals surface area contributed by atoms with E-state index in [-0.39, 0.29) is 30.6 Å². The Labute approximate surface area is 254 Å². The number of carbonyl (C=O) groups is 2. The van der Waals surface area contributed by atoms with Crippen LogP contribution < -0.4 is 10.6 Å². The topological polar surface area (TPSA) is 113 Å². The molecule has 9 nitrogen and oxygen atoms in total. The number of rotatable bonds is 15. The van der Waals surface area contributed by atoms with Gasteiger partial charge in [0.1, 0.15) is 0 Å². The molecular formula is C34H44N4O5. The first-order chi connectivity index (χ1) is 20.9. The largest absolute Gasteiger partial charge is 0.392 e. The number of anilines is 1. The van der Waals surface area contributed by atoms with Gasteiger partial charge in [-0.05, 0) is 55.3 Å². The van der Waals surface area contributed by atoms with Crippen LogP contribution in [-0.4, -0.2) is 59.6 Å². The second-order valence-corrected chi connectivity index (χ2v) is 11.2. The third-order valence-corrected chi connectivity index (χ3v) is 7.50. The van der Waals surface area contributed by atoms with Gasteiger partial charge in [-0.15, -0.1) is 0 Å². The first-order valence-corrected chi connectivity index (χ1v) is 15.1. The summed E-state index contributed by atoms with van der Waals surface area (Å²) in [5, 5.41) is 15.3. The van der Waals surface area contributed by atoms with E-state index in [2.05, 4.69) is 27.6 Å². The number of aliphatic hydroxyl groups excluding tert-OH is 1. The van der Waals surface area contributed by atoms with E-state index >= 15 is 0 Å². The smallest absolute Gasteiger partial charge is 0.224 e. The van der Waals surface area contributed by atoms with Crippen molar-refractivity contribution in [3.05, 3.63) is 95.3 Å². The van der Waals surface area contributed by atoms with Crippen LogP contribution in [0.5, 0.6) is 0 Å². The lowest BCUT2D eigenvalue weighted by molar-refractivity contribution is -0.252. The number of hydrogen-bond acceptors (Lipinski definition) is 7. The van der Waals surface area contributed by atoms with Crippen molar-refractivity contribution in [2.45, 2.75) is 70.6 Å². The van der Waals surface area contributed by atoms with Crippen LogP contribution in [0.15, 0.2) is 72.9 Å². The Kier molecular flexibility index (Phi) is 12.7. The summed E-state index contributed by atoms with van der Waals surface area (Å²) in [5.74, 6) is -0.0789. The molecule has 1 fully saturated rings. The summed E-state index contributed by atoms with van der Waals surface area (Å²) < 4.78 is 13.0. The summed E-state index contributed by atoms with van der Waals surface area (Å²) in [6.45, 7) is 3.72. The minimum Gasteiger partial charge on any atom is -0.392 e. The minimum absolute atomic E-state index is 0.00316. The molecule has 2 aromatic carbocycles. The molecule has 3 atom stereocenters. The molecule has 2 heterocycles. The van der Waals surface area contributed by atoms with Gasteiger partial charge in [0.2, 0.25) is 11.8 Å². The number of hydrogen-bond donors (Lipinski definition) is 3. The average Bonchev–Trinajstić information content (AvgIpc) is 3.02. The van der Waals surface area contributed by atoms with Crippen molar-refractivity contribution in [1.82, 2.24) is 15.2 Å². The van der Waals surface area contributed by atoms with Gasteiger partial charge in [0.25, 0.3) is 0 Å². The maximum atomic E-state index is 12.6. The van der Waals surface area contributed by atoms with Crippen LogP contribution in [0.2, 0.25) is 0 Å². The number of unbranched alkanes of at least 4 members (excludes halogenated alkanes) is 2. The molecular weight excluding hydrogens is 544 g/mol. The number of likely N-dealkylation sites (N-methyl/N-ethyl adjacent to an activating group) is 1. The molecule has 1 saturated heterocycles. The number of aliphatic hydroxyl groups is 1. The fourth-order valence-corrected chi connectivity index (χ4v) is 5.16. The van der Waals surface area contributed by atoms with Gasteiger partial charge in [-0.3, -0.25) is 14.6 Å².